The van der Waals surface area contributed by atoms with Crippen LogP contribution in [0.25, 0.3) is 0 Å². The Morgan fingerprint density at radius 1 is 1.26 bits per heavy atom. The van der Waals surface area contributed by atoms with Crippen molar-refractivity contribution < 1.29 is 19.8 Å². The van der Waals surface area contributed by atoms with Crippen LogP contribution in [0, 0.1) is 29.1 Å². The normalized spacial score (nSPS) is 28.1. The summed E-state index contributed by atoms with van der Waals surface area (Å²) in [6.45, 7) is 10.6. The van der Waals surface area contributed by atoms with Gasteiger partial charge in [0.15, 0.2) is 5.13 Å². The molecule has 8 heteroatoms. The quantitative estimate of drug-likeness (QED) is 0.456. The maximum Gasteiger partial charge on any atom is 0.257 e. The summed E-state index contributed by atoms with van der Waals surface area (Å²) in [6, 6.07) is 7.61. The zero-order valence-corrected chi connectivity index (χ0v) is 24.7. The van der Waals surface area contributed by atoms with E-state index in [1.165, 1.54) is 11.3 Å². The highest BCUT2D eigenvalue weighted by Crippen LogP contribution is 2.62. The number of fused-ring (bicyclic) bond motifs is 2. The van der Waals surface area contributed by atoms with E-state index < -0.39 is 11.5 Å². The number of thiazole rings is 1. The molecular weight excluding hydrogens is 510 g/mol. The van der Waals surface area contributed by atoms with Crippen molar-refractivity contribution >= 4 is 28.3 Å². The number of aromatic nitrogens is 1. The van der Waals surface area contributed by atoms with Gasteiger partial charge in [0, 0.05) is 35.2 Å². The van der Waals surface area contributed by atoms with Crippen LogP contribution in [0.15, 0.2) is 24.3 Å². The number of hydrogen-bond donors (Lipinski definition) is 3. The minimum Gasteiger partial charge on any atom is -0.396 e. The van der Waals surface area contributed by atoms with E-state index in [0.29, 0.717) is 30.0 Å². The maximum atomic E-state index is 13.2. The number of nitrogens with zero attached hydrogens (tertiary/aromatic N) is 2. The van der Waals surface area contributed by atoms with Gasteiger partial charge in [-0.25, -0.2) is 4.98 Å². The van der Waals surface area contributed by atoms with E-state index in [1.807, 2.05) is 31.2 Å². The lowest BCUT2D eigenvalue weighted by Crippen LogP contribution is -2.57. The first-order valence-electron chi connectivity index (χ1n) is 13.6. The second-order valence-electron chi connectivity index (χ2n) is 12.8. The molecule has 210 valence electrons. The molecule has 0 spiro atoms. The lowest BCUT2D eigenvalue weighted by atomic mass is 9.47. The largest absolute Gasteiger partial charge is 0.396 e. The van der Waals surface area contributed by atoms with E-state index in [0.717, 1.165) is 16.1 Å². The summed E-state index contributed by atoms with van der Waals surface area (Å²) in [5, 5.41) is 24.9. The molecule has 5 atom stereocenters. The summed E-state index contributed by atoms with van der Waals surface area (Å²) in [4.78, 5) is 33.8. The molecule has 3 N–H and O–H groups in total. The second-order valence-corrected chi connectivity index (χ2v) is 13.9. The highest BCUT2D eigenvalue weighted by molar-refractivity contribution is 7.15. The van der Waals surface area contributed by atoms with Gasteiger partial charge in [-0.15, -0.1) is 17.8 Å². The number of hydrogen-bond acceptors (Lipinski definition) is 6. The average Bonchev–Trinajstić information content (AvgIpc) is 3.29. The Labute approximate surface area is 236 Å². The van der Waals surface area contributed by atoms with E-state index in [9.17, 15) is 19.8 Å². The van der Waals surface area contributed by atoms with E-state index in [1.54, 1.807) is 11.9 Å². The molecule has 2 aliphatic carbocycles. The van der Waals surface area contributed by atoms with Crippen LogP contribution in [0.5, 0.6) is 0 Å². The van der Waals surface area contributed by atoms with Crippen molar-refractivity contribution in [1.29, 1.82) is 0 Å². The first-order valence-corrected chi connectivity index (χ1v) is 14.4. The molecular formula is C31H41N3O4S. The lowest BCUT2D eigenvalue weighted by molar-refractivity contribution is -0.146. The van der Waals surface area contributed by atoms with Crippen LogP contribution >= 0.6 is 11.3 Å². The number of benzene rings is 1. The number of carbonyl (C=O) groups excluding carboxylic acids is 2. The molecule has 1 aromatic carbocycles. The molecule has 0 radical (unpaired) electrons. The van der Waals surface area contributed by atoms with E-state index in [4.69, 9.17) is 11.4 Å². The molecule has 2 aromatic rings. The summed E-state index contributed by atoms with van der Waals surface area (Å²) >= 11 is 1.42. The van der Waals surface area contributed by atoms with Crippen molar-refractivity contribution in [3.05, 3.63) is 46.0 Å². The smallest absolute Gasteiger partial charge is 0.257 e. The molecule has 0 bridgehead atoms. The Kier molecular flexibility index (Phi) is 8.01. The lowest BCUT2D eigenvalue weighted by Gasteiger charge is -2.58. The van der Waals surface area contributed by atoms with Crippen LogP contribution in [-0.4, -0.2) is 58.2 Å². The molecule has 0 saturated heterocycles. The highest BCUT2D eigenvalue weighted by atomic mass is 32.1. The number of anilines is 1. The number of terminal acetylenes is 1. The number of aliphatic hydroxyl groups excluding tert-OH is 2. The average molecular weight is 552 g/mol. The van der Waals surface area contributed by atoms with Gasteiger partial charge < -0.3 is 15.1 Å². The van der Waals surface area contributed by atoms with Gasteiger partial charge in [-0.2, -0.15) is 0 Å². The molecule has 1 heterocycles. The third-order valence-electron chi connectivity index (χ3n) is 9.26. The van der Waals surface area contributed by atoms with Crippen LogP contribution in [0.4, 0.5) is 5.13 Å². The van der Waals surface area contributed by atoms with Crippen molar-refractivity contribution in [2.75, 3.05) is 25.5 Å². The van der Waals surface area contributed by atoms with Crippen LogP contribution < -0.4 is 5.32 Å². The van der Waals surface area contributed by atoms with Crippen LogP contribution in [-0.2, 0) is 16.6 Å². The highest BCUT2D eigenvalue weighted by Gasteiger charge is 2.59. The zero-order valence-electron chi connectivity index (χ0n) is 23.9. The number of carbonyl (C=O) groups is 2. The number of rotatable bonds is 6. The summed E-state index contributed by atoms with van der Waals surface area (Å²) < 4.78 is 0. The fraction of sp³-hybridized carbons (Fsp3) is 0.581. The number of nitrogens with one attached hydrogen (secondary N) is 1. The SMILES string of the molecule is C#CCN(C)C(=O)CC1c2nc(NC(=O)c3ccc(C(C)(C)C)cc3)sc2CC2C(C)(CO)C(O)CCC12C. The predicted octanol–water partition coefficient (Wildman–Crippen LogP) is 4.59. The molecule has 1 fully saturated rings. The minimum absolute atomic E-state index is 0.00631. The monoisotopic (exact) mass is 551 g/mol. The van der Waals surface area contributed by atoms with Gasteiger partial charge in [-0.1, -0.05) is 52.7 Å². The molecule has 1 aromatic heterocycles. The molecule has 4 rings (SSSR count). The number of amides is 2. The Morgan fingerprint density at radius 2 is 1.92 bits per heavy atom. The van der Waals surface area contributed by atoms with Crippen LogP contribution in [0.2, 0.25) is 0 Å². The second kappa shape index (κ2) is 10.7. The predicted molar refractivity (Wildman–Crippen MR) is 155 cm³/mol. The fourth-order valence-corrected chi connectivity index (χ4v) is 7.61. The Bertz CT molecular complexity index is 1270. The molecule has 0 aliphatic heterocycles. The van der Waals surface area contributed by atoms with Crippen molar-refractivity contribution in [2.24, 2.45) is 16.7 Å². The first kappa shape index (κ1) is 29.3. The molecule has 39 heavy (non-hydrogen) atoms. The molecule has 2 aliphatic rings. The van der Waals surface area contributed by atoms with Crippen molar-refractivity contribution in [1.82, 2.24) is 9.88 Å². The van der Waals surface area contributed by atoms with Crippen LogP contribution in [0.3, 0.4) is 0 Å². The van der Waals surface area contributed by atoms with Crippen molar-refractivity contribution in [3.63, 3.8) is 0 Å². The van der Waals surface area contributed by atoms with Crippen molar-refractivity contribution in [2.45, 2.75) is 77.7 Å². The van der Waals surface area contributed by atoms with Crippen molar-refractivity contribution in [3.8, 4) is 12.3 Å². The Balaban J connectivity index is 1.68. The standard InChI is InChI=1S/C31H41N3O4S/c1-8-15-34(7)25(37)16-21-26-22(17-23-30(21,5)14-13-24(36)31(23,6)18-35)39-28(32-26)33-27(38)19-9-11-20(12-10-19)29(2,3)4/h1,9-12,21,23-24,35-36H,13-18H2,2-7H3,(H,32,33,38). The Morgan fingerprint density at radius 3 is 2.51 bits per heavy atom. The summed E-state index contributed by atoms with van der Waals surface area (Å²) in [6.07, 6.45) is 6.92. The van der Waals surface area contributed by atoms with Gasteiger partial charge in [0.25, 0.3) is 5.91 Å². The first-order chi connectivity index (χ1) is 18.2. The summed E-state index contributed by atoms with van der Waals surface area (Å²) in [7, 11) is 1.70. The fourth-order valence-electron chi connectivity index (χ4n) is 6.55. The maximum absolute atomic E-state index is 13.2. The summed E-state index contributed by atoms with van der Waals surface area (Å²) in [5.74, 6) is 1.94. The molecule has 5 unspecified atom stereocenters. The van der Waals surface area contributed by atoms with Crippen LogP contribution in [0.1, 0.15) is 86.3 Å². The van der Waals surface area contributed by atoms with E-state index >= 15 is 0 Å². The van der Waals surface area contributed by atoms with Gasteiger partial charge in [0.2, 0.25) is 5.91 Å². The molecule has 2 amide bonds. The number of aliphatic hydroxyl groups is 2. The molecule has 7 nitrogen and oxygen atoms in total. The van der Waals surface area contributed by atoms with Gasteiger partial charge in [-0.05, 0) is 53.7 Å². The third-order valence-corrected chi connectivity index (χ3v) is 10.3. The van der Waals surface area contributed by atoms with E-state index in [2.05, 4.69) is 38.9 Å². The topological polar surface area (TPSA) is 103 Å². The van der Waals surface area contributed by atoms with Gasteiger partial charge >= 0.3 is 0 Å². The molecule has 1 saturated carbocycles. The third kappa shape index (κ3) is 5.37. The van der Waals surface area contributed by atoms with Gasteiger partial charge in [0.05, 0.1) is 24.9 Å². The van der Waals surface area contributed by atoms with E-state index in [-0.39, 0.29) is 54.1 Å². The Hall–Kier alpha value is -2.73. The minimum atomic E-state index is -0.709. The van der Waals surface area contributed by atoms with Gasteiger partial charge in [0.1, 0.15) is 0 Å². The summed E-state index contributed by atoms with van der Waals surface area (Å²) in [5.41, 5.74) is 1.45. The zero-order chi connectivity index (χ0) is 28.8. The van der Waals surface area contributed by atoms with Gasteiger partial charge in [-0.3, -0.25) is 14.9 Å².